The molecule has 0 unspecified atom stereocenters. The third-order valence-corrected chi connectivity index (χ3v) is 3.95. The molecule has 0 aliphatic carbocycles. The molecule has 4 nitrogen and oxygen atoms in total. The molecule has 0 aliphatic heterocycles. The first-order chi connectivity index (χ1) is 11.3. The highest BCUT2D eigenvalue weighted by atomic mass is 32.2. The van der Waals surface area contributed by atoms with Crippen LogP contribution in [0, 0.1) is 0 Å². The van der Waals surface area contributed by atoms with Gasteiger partial charge in [-0.25, -0.2) is 19.9 Å². The highest BCUT2D eigenvalue weighted by molar-refractivity contribution is 7.98. The van der Waals surface area contributed by atoms with Crippen LogP contribution in [-0.2, 0) is 6.42 Å². The molecule has 1 aromatic carbocycles. The molecule has 0 spiro atoms. The Morgan fingerprint density at radius 2 is 1.48 bits per heavy atom. The van der Waals surface area contributed by atoms with E-state index in [4.69, 9.17) is 0 Å². The van der Waals surface area contributed by atoms with Gasteiger partial charge < -0.3 is 0 Å². The highest BCUT2D eigenvalue weighted by Crippen LogP contribution is 2.22. The Bertz CT molecular complexity index is 781. The molecule has 0 N–H and O–H groups in total. The third kappa shape index (κ3) is 3.63. The Morgan fingerprint density at radius 1 is 0.870 bits per heavy atom. The van der Waals surface area contributed by atoms with Crippen LogP contribution in [0.2, 0.25) is 0 Å². The van der Waals surface area contributed by atoms with Crippen molar-refractivity contribution in [2.24, 2.45) is 0 Å². The summed E-state index contributed by atoms with van der Waals surface area (Å²) in [7, 11) is 0. The van der Waals surface area contributed by atoms with Gasteiger partial charge in [0.1, 0.15) is 0 Å². The number of aromatic nitrogens is 4. The zero-order chi connectivity index (χ0) is 16.1. The average Bonchev–Trinajstić information content (AvgIpc) is 2.63. The summed E-state index contributed by atoms with van der Waals surface area (Å²) in [6, 6.07) is 8.10. The minimum Gasteiger partial charge on any atom is -0.236 e. The lowest BCUT2D eigenvalue weighted by Gasteiger charge is -2.04. The monoisotopic (exact) mass is 320 g/mol. The minimum absolute atomic E-state index is 0.721. The average molecular weight is 320 g/mol. The summed E-state index contributed by atoms with van der Waals surface area (Å²) in [4.78, 5) is 17.4. The standard InChI is InChI=1S/C18H16N4S/c1-3-4-13-9-19-17(20-10-13)15-7-5-14(6-8-15)16-11-21-18(23-2)22-12-16/h3,5-12H,1,4H2,2H3. The molecule has 5 heteroatoms. The van der Waals surface area contributed by atoms with E-state index in [0.717, 1.165) is 39.7 Å². The van der Waals surface area contributed by atoms with E-state index < -0.39 is 0 Å². The second-order valence-electron chi connectivity index (χ2n) is 4.94. The van der Waals surface area contributed by atoms with Gasteiger partial charge in [-0.3, -0.25) is 0 Å². The normalized spacial score (nSPS) is 10.5. The number of thioether (sulfide) groups is 1. The number of rotatable bonds is 5. The van der Waals surface area contributed by atoms with Gasteiger partial charge >= 0.3 is 0 Å². The van der Waals surface area contributed by atoms with Crippen LogP contribution in [0.4, 0.5) is 0 Å². The van der Waals surface area contributed by atoms with Crippen molar-refractivity contribution in [3.8, 4) is 22.5 Å². The van der Waals surface area contributed by atoms with Gasteiger partial charge in [0.2, 0.25) is 0 Å². The molecular formula is C18H16N4S. The molecule has 0 radical (unpaired) electrons. The van der Waals surface area contributed by atoms with Crippen LogP contribution in [-0.4, -0.2) is 26.2 Å². The van der Waals surface area contributed by atoms with Gasteiger partial charge in [-0.05, 0) is 23.8 Å². The molecule has 0 aliphatic rings. The second-order valence-corrected chi connectivity index (χ2v) is 5.72. The number of hydrogen-bond donors (Lipinski definition) is 0. The first kappa shape index (κ1) is 15.4. The van der Waals surface area contributed by atoms with E-state index in [-0.39, 0.29) is 0 Å². The number of allylic oxidation sites excluding steroid dienone is 1. The van der Waals surface area contributed by atoms with Gasteiger partial charge in [0.25, 0.3) is 0 Å². The summed E-state index contributed by atoms with van der Waals surface area (Å²) in [5, 5.41) is 0.776. The molecule has 0 saturated heterocycles. The molecule has 3 aromatic rings. The molecular weight excluding hydrogens is 304 g/mol. The van der Waals surface area contributed by atoms with Gasteiger partial charge in [0.05, 0.1) is 0 Å². The van der Waals surface area contributed by atoms with Crippen LogP contribution in [0.5, 0.6) is 0 Å². The quantitative estimate of drug-likeness (QED) is 0.403. The van der Waals surface area contributed by atoms with Crippen molar-refractivity contribution >= 4 is 11.8 Å². The van der Waals surface area contributed by atoms with E-state index in [2.05, 4.69) is 26.5 Å². The highest BCUT2D eigenvalue weighted by Gasteiger charge is 2.04. The maximum absolute atomic E-state index is 4.41. The van der Waals surface area contributed by atoms with Crippen LogP contribution in [0.1, 0.15) is 5.56 Å². The Balaban J connectivity index is 1.81. The lowest BCUT2D eigenvalue weighted by Crippen LogP contribution is -1.92. The fraction of sp³-hybridized carbons (Fsp3) is 0.111. The smallest absolute Gasteiger partial charge is 0.187 e. The molecule has 23 heavy (non-hydrogen) atoms. The topological polar surface area (TPSA) is 51.6 Å². The molecule has 0 fully saturated rings. The van der Waals surface area contributed by atoms with Crippen molar-refractivity contribution in [2.45, 2.75) is 11.6 Å². The summed E-state index contributed by atoms with van der Waals surface area (Å²) in [5.74, 6) is 0.721. The largest absolute Gasteiger partial charge is 0.236 e. The van der Waals surface area contributed by atoms with Crippen molar-refractivity contribution < 1.29 is 0 Å². The summed E-state index contributed by atoms with van der Waals surface area (Å²) in [5.41, 5.74) is 4.12. The van der Waals surface area contributed by atoms with Crippen LogP contribution in [0.3, 0.4) is 0 Å². The van der Waals surface area contributed by atoms with Crippen LogP contribution < -0.4 is 0 Å². The Labute approximate surface area is 139 Å². The summed E-state index contributed by atoms with van der Waals surface area (Å²) in [6.07, 6.45) is 12.0. The van der Waals surface area contributed by atoms with Gasteiger partial charge in [-0.2, -0.15) is 0 Å². The maximum atomic E-state index is 4.41. The number of benzene rings is 1. The van der Waals surface area contributed by atoms with Crippen molar-refractivity contribution in [1.82, 2.24) is 19.9 Å². The van der Waals surface area contributed by atoms with Crippen molar-refractivity contribution in [3.05, 3.63) is 67.3 Å². The lowest BCUT2D eigenvalue weighted by molar-refractivity contribution is 0.973. The Hall–Kier alpha value is -2.53. The first-order valence-corrected chi connectivity index (χ1v) is 8.41. The van der Waals surface area contributed by atoms with Gasteiger partial charge in [-0.1, -0.05) is 42.1 Å². The minimum atomic E-state index is 0.721. The summed E-state index contributed by atoms with van der Waals surface area (Å²) < 4.78 is 0. The zero-order valence-corrected chi connectivity index (χ0v) is 13.6. The van der Waals surface area contributed by atoms with E-state index in [0.29, 0.717) is 0 Å². The number of hydrogen-bond acceptors (Lipinski definition) is 5. The van der Waals surface area contributed by atoms with E-state index in [1.807, 2.05) is 61.4 Å². The Kier molecular flexibility index (Phi) is 4.78. The molecule has 3 rings (SSSR count). The fourth-order valence-corrected chi connectivity index (χ4v) is 2.47. The molecule has 2 aromatic heterocycles. The molecule has 0 saturated carbocycles. The van der Waals surface area contributed by atoms with Crippen molar-refractivity contribution in [2.75, 3.05) is 6.26 Å². The van der Waals surface area contributed by atoms with Crippen molar-refractivity contribution in [3.63, 3.8) is 0 Å². The Morgan fingerprint density at radius 3 is 2.04 bits per heavy atom. The van der Waals surface area contributed by atoms with Crippen LogP contribution in [0.25, 0.3) is 22.5 Å². The van der Waals surface area contributed by atoms with Crippen molar-refractivity contribution in [1.29, 1.82) is 0 Å². The number of nitrogens with zero attached hydrogens (tertiary/aromatic N) is 4. The molecule has 0 amide bonds. The third-order valence-electron chi connectivity index (χ3n) is 3.37. The predicted octanol–water partition coefficient (Wildman–Crippen LogP) is 4.05. The fourth-order valence-electron chi connectivity index (χ4n) is 2.16. The first-order valence-electron chi connectivity index (χ1n) is 7.19. The molecule has 0 atom stereocenters. The van der Waals surface area contributed by atoms with Gasteiger partial charge in [0, 0.05) is 35.9 Å². The van der Waals surface area contributed by atoms with Crippen LogP contribution in [0.15, 0.2) is 66.9 Å². The van der Waals surface area contributed by atoms with E-state index in [1.165, 1.54) is 11.8 Å². The van der Waals surface area contributed by atoms with E-state index >= 15 is 0 Å². The zero-order valence-electron chi connectivity index (χ0n) is 12.8. The van der Waals surface area contributed by atoms with E-state index in [9.17, 15) is 0 Å². The van der Waals surface area contributed by atoms with E-state index in [1.54, 1.807) is 0 Å². The summed E-state index contributed by atoms with van der Waals surface area (Å²) in [6.45, 7) is 3.72. The molecule has 0 bridgehead atoms. The maximum Gasteiger partial charge on any atom is 0.187 e. The van der Waals surface area contributed by atoms with Gasteiger partial charge in [0.15, 0.2) is 11.0 Å². The SMILES string of the molecule is C=CCc1cnc(-c2ccc(-c3cnc(SC)nc3)cc2)nc1. The summed E-state index contributed by atoms with van der Waals surface area (Å²) >= 11 is 1.53. The van der Waals surface area contributed by atoms with Crippen LogP contribution >= 0.6 is 11.8 Å². The molecule has 2 heterocycles. The van der Waals surface area contributed by atoms with Gasteiger partial charge in [-0.15, -0.1) is 6.58 Å². The predicted molar refractivity (Wildman–Crippen MR) is 94.2 cm³/mol. The molecule has 114 valence electrons. The lowest BCUT2D eigenvalue weighted by atomic mass is 10.1. The second kappa shape index (κ2) is 7.15.